The van der Waals surface area contributed by atoms with Gasteiger partial charge in [-0.25, -0.2) is 0 Å². The molecule has 0 radical (unpaired) electrons. The number of pyridine rings is 1. The molecule has 0 unspecified atom stereocenters. The third-order valence-corrected chi connectivity index (χ3v) is 10.2. The van der Waals surface area contributed by atoms with E-state index in [0.29, 0.717) is 5.02 Å². The predicted molar refractivity (Wildman–Crippen MR) is 175 cm³/mol. The molecule has 1 aliphatic rings. The van der Waals surface area contributed by atoms with Gasteiger partial charge in [0.15, 0.2) is 0 Å². The summed E-state index contributed by atoms with van der Waals surface area (Å²) < 4.78 is 14.0. The van der Waals surface area contributed by atoms with E-state index in [0.717, 1.165) is 56.0 Å². The molecule has 0 aliphatic carbocycles. The number of hydrogen-bond acceptors (Lipinski definition) is 4. The van der Waals surface area contributed by atoms with E-state index >= 15 is 0 Å². The first kappa shape index (κ1) is 26.6. The van der Waals surface area contributed by atoms with Crippen molar-refractivity contribution >= 4 is 63.4 Å². The molecule has 6 aromatic rings. The number of anilines is 3. The molecule has 0 saturated carbocycles. The van der Waals surface area contributed by atoms with E-state index in [2.05, 4.69) is 90.7 Å². The summed E-state index contributed by atoms with van der Waals surface area (Å²) in [6.45, 7) is 2.15. The van der Waals surface area contributed by atoms with Gasteiger partial charge < -0.3 is 0 Å². The first-order valence-corrected chi connectivity index (χ1v) is 15.7. The molecule has 4 nitrogen and oxygen atoms in total. The number of para-hydroxylation sites is 2. The molecule has 0 amide bonds. The van der Waals surface area contributed by atoms with E-state index in [4.69, 9.17) is 26.1 Å². The monoisotopic (exact) mass is 634 g/mol. The molecular formula is C36H27ClN2O2Se. The Balaban J connectivity index is 1.58. The number of benzene rings is 5. The Labute approximate surface area is 256 Å². The van der Waals surface area contributed by atoms with Gasteiger partial charge in [-0.05, 0) is 0 Å². The van der Waals surface area contributed by atoms with Gasteiger partial charge in [0, 0.05) is 0 Å². The van der Waals surface area contributed by atoms with Crippen molar-refractivity contribution in [2.45, 2.75) is 6.92 Å². The van der Waals surface area contributed by atoms with E-state index < -0.39 is 0 Å². The van der Waals surface area contributed by atoms with Crippen LogP contribution in [0.1, 0.15) is 5.56 Å². The Bertz CT molecular complexity index is 1910. The maximum absolute atomic E-state index is 6.28. The van der Waals surface area contributed by atoms with Gasteiger partial charge in [-0.3, -0.25) is 0 Å². The summed E-state index contributed by atoms with van der Waals surface area (Å²) >= 11 is 6.49. The van der Waals surface area contributed by atoms with Gasteiger partial charge in [0.2, 0.25) is 0 Å². The van der Waals surface area contributed by atoms with Crippen molar-refractivity contribution in [1.82, 2.24) is 4.98 Å². The summed E-state index contributed by atoms with van der Waals surface area (Å²) in [5.41, 5.74) is 9.42. The van der Waals surface area contributed by atoms with Gasteiger partial charge in [-0.1, -0.05) is 0 Å². The second kappa shape index (κ2) is 10.8. The predicted octanol–water partition coefficient (Wildman–Crippen LogP) is 7.99. The van der Waals surface area contributed by atoms with Crippen LogP contribution in [0.25, 0.3) is 33.3 Å². The Morgan fingerprint density at radius 1 is 0.667 bits per heavy atom. The Morgan fingerprint density at radius 2 is 1.29 bits per heavy atom. The molecular weight excluding hydrogens is 607 g/mol. The molecule has 0 spiro atoms. The zero-order valence-corrected chi connectivity index (χ0v) is 25.9. The van der Waals surface area contributed by atoms with Gasteiger partial charge in [-0.2, -0.15) is 0 Å². The van der Waals surface area contributed by atoms with Gasteiger partial charge in [0.05, 0.1) is 0 Å². The van der Waals surface area contributed by atoms with Crippen LogP contribution in [0.3, 0.4) is 0 Å². The third kappa shape index (κ3) is 4.60. The number of methoxy groups -OCH3 is 2. The number of fused-ring (bicyclic) bond motifs is 3. The molecule has 1 aromatic heterocycles. The molecule has 0 atom stereocenters. The number of aromatic nitrogens is 1. The van der Waals surface area contributed by atoms with E-state index in [1.54, 1.807) is 14.2 Å². The minimum absolute atomic E-state index is 0.217. The van der Waals surface area contributed by atoms with Crippen LogP contribution in [0, 0.1) is 6.92 Å². The number of rotatable bonds is 5. The summed E-state index contributed by atoms with van der Waals surface area (Å²) in [4.78, 5) is 7.77. The normalized spacial score (nSPS) is 12.1. The number of nitrogens with zero attached hydrogens (tertiary/aromatic N) is 2. The van der Waals surface area contributed by atoms with E-state index in [1.807, 2.05) is 30.3 Å². The number of ether oxygens (including phenoxy) is 2. The molecule has 206 valence electrons. The molecule has 0 bridgehead atoms. The van der Waals surface area contributed by atoms with E-state index in [-0.39, 0.29) is 15.0 Å². The van der Waals surface area contributed by atoms with Crippen molar-refractivity contribution in [2.24, 2.45) is 0 Å². The minimum atomic E-state index is 0.217. The summed E-state index contributed by atoms with van der Waals surface area (Å²) in [7, 11) is 3.36. The first-order valence-electron chi connectivity index (χ1n) is 13.6. The van der Waals surface area contributed by atoms with Crippen molar-refractivity contribution in [1.29, 1.82) is 0 Å². The summed E-state index contributed by atoms with van der Waals surface area (Å²) in [5, 5.41) is 1.78. The van der Waals surface area contributed by atoms with Gasteiger partial charge in [0.25, 0.3) is 0 Å². The zero-order valence-electron chi connectivity index (χ0n) is 23.4. The van der Waals surface area contributed by atoms with Crippen LogP contribution in [0.5, 0.6) is 11.5 Å². The summed E-state index contributed by atoms with van der Waals surface area (Å²) in [5.74, 6) is 1.47. The summed E-state index contributed by atoms with van der Waals surface area (Å²) in [6, 6.07) is 37.9. The average molecular weight is 634 g/mol. The number of aryl methyl sites for hydroxylation is 1. The Morgan fingerprint density at radius 3 is 1.90 bits per heavy atom. The van der Waals surface area contributed by atoms with Gasteiger partial charge in [0.1, 0.15) is 0 Å². The Hall–Kier alpha value is -4.28. The molecule has 42 heavy (non-hydrogen) atoms. The van der Waals surface area contributed by atoms with Crippen LogP contribution in [-0.2, 0) is 0 Å². The van der Waals surface area contributed by atoms with Crippen molar-refractivity contribution in [2.75, 3.05) is 19.1 Å². The Kier molecular flexibility index (Phi) is 6.87. The molecule has 2 heterocycles. The fraction of sp³-hybridized carbons (Fsp3) is 0.0833. The number of hydrogen-bond donors (Lipinski definition) is 0. The van der Waals surface area contributed by atoms with Crippen LogP contribution in [0.2, 0.25) is 5.02 Å². The molecule has 5 aromatic carbocycles. The van der Waals surface area contributed by atoms with Crippen LogP contribution in [0.4, 0.5) is 17.1 Å². The molecule has 7 rings (SSSR count). The van der Waals surface area contributed by atoms with Crippen LogP contribution in [0.15, 0.2) is 109 Å². The molecule has 6 heteroatoms. The maximum atomic E-state index is 6.28. The van der Waals surface area contributed by atoms with Crippen LogP contribution >= 0.6 is 11.6 Å². The molecule has 0 N–H and O–H groups in total. The topological polar surface area (TPSA) is 34.6 Å². The van der Waals surface area contributed by atoms with Crippen molar-refractivity contribution in [3.8, 4) is 33.9 Å². The number of halogens is 1. The zero-order chi connectivity index (χ0) is 28.8. The van der Waals surface area contributed by atoms with Crippen molar-refractivity contribution in [3.05, 3.63) is 120 Å². The van der Waals surface area contributed by atoms with Gasteiger partial charge in [-0.15, -0.1) is 0 Å². The quantitative estimate of drug-likeness (QED) is 0.180. The van der Waals surface area contributed by atoms with Gasteiger partial charge >= 0.3 is 258 Å². The average Bonchev–Trinajstić information content (AvgIpc) is 3.03. The molecule has 1 aliphatic heterocycles. The van der Waals surface area contributed by atoms with Crippen LogP contribution in [-0.4, -0.2) is 34.2 Å². The third-order valence-electron chi connectivity index (χ3n) is 7.62. The SMILES string of the molecule is COc1cc(OC)cc(-c2cc(-c3ccc(Cl)cc3)nc3c(N4c5ccccc5[Se]c5ccccc54)ccc(C)c23)c1. The van der Waals surface area contributed by atoms with E-state index in [9.17, 15) is 0 Å². The summed E-state index contributed by atoms with van der Waals surface area (Å²) in [6.07, 6.45) is 0. The first-order chi connectivity index (χ1) is 20.5. The molecule has 0 fully saturated rings. The fourth-order valence-electron chi connectivity index (χ4n) is 5.60. The standard InChI is InChI=1S/C36H27ClN2O2Se/c1-22-12-17-32(39-30-8-4-6-10-33(30)42-34-11-7-5-9-31(34)39)36-35(22)28(24-18-26(40-2)20-27(19-24)41-3)21-29(38-36)23-13-15-25(37)16-14-23/h4-21H,1-3H3. The van der Waals surface area contributed by atoms with Crippen LogP contribution < -0.4 is 23.3 Å². The van der Waals surface area contributed by atoms with E-state index in [1.165, 1.54) is 20.3 Å². The van der Waals surface area contributed by atoms with Crippen molar-refractivity contribution < 1.29 is 9.47 Å². The molecule has 0 saturated heterocycles. The second-order valence-electron chi connectivity index (χ2n) is 10.2. The fourth-order valence-corrected chi connectivity index (χ4v) is 7.95. The van der Waals surface area contributed by atoms with Crippen molar-refractivity contribution in [3.63, 3.8) is 0 Å². The second-order valence-corrected chi connectivity index (χ2v) is 12.9.